The van der Waals surface area contributed by atoms with E-state index in [1.165, 1.54) is 0 Å². The van der Waals surface area contributed by atoms with E-state index in [0.717, 1.165) is 0 Å². The summed E-state index contributed by atoms with van der Waals surface area (Å²) in [5, 5.41) is 37.4. The Bertz CT molecular complexity index is 1120. The lowest BCUT2D eigenvalue weighted by Crippen LogP contribution is -2.19. The van der Waals surface area contributed by atoms with Gasteiger partial charge < -0.3 is 25.2 Å². The normalized spacial score (nSPS) is 11.7. The molecule has 0 bridgehead atoms. The number of alkyl halides is 6. The summed E-state index contributed by atoms with van der Waals surface area (Å²) < 4.78 is 83.6. The van der Waals surface area contributed by atoms with Crippen LogP contribution in [-0.2, 0) is 12.8 Å². The molecule has 0 aliphatic rings. The Morgan fingerprint density at radius 2 is 0.914 bits per heavy atom. The molecule has 0 saturated carbocycles. The fourth-order valence-corrected chi connectivity index (χ4v) is 3.08. The van der Waals surface area contributed by atoms with Crippen molar-refractivity contribution in [2.24, 2.45) is 0 Å². The number of aromatic carboxylic acids is 4. The lowest BCUT2D eigenvalue weighted by Gasteiger charge is -2.21. The van der Waals surface area contributed by atoms with Crippen molar-refractivity contribution in [3.05, 3.63) is 57.6 Å². The molecule has 0 fully saturated rings. The van der Waals surface area contributed by atoms with Crippen molar-refractivity contribution in [1.29, 1.82) is 0 Å². The van der Waals surface area contributed by atoms with Crippen LogP contribution in [0, 0.1) is 0 Å². The highest BCUT2D eigenvalue weighted by Gasteiger charge is 2.36. The largest absolute Gasteiger partial charge is 0.478 e. The summed E-state index contributed by atoms with van der Waals surface area (Å²) in [7, 11) is 0. The van der Waals surface area contributed by atoms with E-state index in [-0.39, 0.29) is 0 Å². The average Bonchev–Trinajstić information content (AvgIpc) is 2.66. The molecule has 0 aliphatic heterocycles. The third kappa shape index (κ3) is 6.39. The molecule has 4 N–H and O–H groups in total. The van der Waals surface area contributed by atoms with E-state index < -0.39 is 94.0 Å². The van der Waals surface area contributed by atoms with Gasteiger partial charge in [0.25, 0.3) is 0 Å². The summed E-state index contributed by atoms with van der Waals surface area (Å²) in [5.41, 5.74) is -7.21. The van der Waals surface area contributed by atoms with E-state index in [0.29, 0.717) is 24.3 Å². The van der Waals surface area contributed by atoms with Crippen LogP contribution >= 0.6 is 0 Å². The highest BCUT2D eigenvalue weighted by molar-refractivity contribution is 6.06. The number of carboxylic acids is 4. The van der Waals surface area contributed by atoms with Crippen molar-refractivity contribution in [2.75, 3.05) is 0 Å². The molecule has 0 spiro atoms. The van der Waals surface area contributed by atoms with Crippen molar-refractivity contribution >= 4 is 23.9 Å². The Balaban J connectivity index is 3.00. The first-order chi connectivity index (χ1) is 15.9. The van der Waals surface area contributed by atoms with Gasteiger partial charge in [-0.25, -0.2) is 19.2 Å². The van der Waals surface area contributed by atoms with Gasteiger partial charge in [0, 0.05) is 11.1 Å². The van der Waals surface area contributed by atoms with Gasteiger partial charge in [0.15, 0.2) is 0 Å². The molecule has 15 heteroatoms. The van der Waals surface area contributed by atoms with Crippen molar-refractivity contribution in [2.45, 2.75) is 25.2 Å². The number of ether oxygens (including phenoxy) is 1. The second-order valence-corrected chi connectivity index (χ2v) is 6.86. The number of hydrogen-bond acceptors (Lipinski definition) is 5. The fourth-order valence-electron chi connectivity index (χ4n) is 3.08. The molecule has 188 valence electrons. The quantitative estimate of drug-likeness (QED) is 0.376. The van der Waals surface area contributed by atoms with Crippen LogP contribution in [0.5, 0.6) is 11.5 Å². The van der Waals surface area contributed by atoms with Crippen LogP contribution in [-0.4, -0.2) is 56.7 Å². The molecular formula is C20H12F6O9. The van der Waals surface area contributed by atoms with Crippen LogP contribution in [0.1, 0.15) is 52.6 Å². The minimum Gasteiger partial charge on any atom is -0.478 e. The van der Waals surface area contributed by atoms with E-state index in [9.17, 15) is 65.9 Å². The SMILES string of the molecule is O=C(O)c1ccc(CC(F)(F)F)c(Oc2c(CC(F)(F)F)ccc(C(=O)O)c2C(=O)O)c1C(=O)O. The lowest BCUT2D eigenvalue weighted by molar-refractivity contribution is -0.128. The molecule has 0 unspecified atom stereocenters. The average molecular weight is 510 g/mol. The zero-order valence-corrected chi connectivity index (χ0v) is 16.8. The smallest absolute Gasteiger partial charge is 0.393 e. The molecule has 0 heterocycles. The monoisotopic (exact) mass is 510 g/mol. The third-order valence-corrected chi connectivity index (χ3v) is 4.35. The molecular weight excluding hydrogens is 498 g/mol. The standard InChI is InChI=1S/C20H12F6O9/c21-19(22,23)5-7-1-3-9(15(27)28)11(17(31)32)13(7)35-14-8(6-20(24,25)26)2-4-10(16(29)30)12(14)18(33)34/h1-4H,5-6H2,(H,27,28)(H,29,30)(H,31,32)(H,33,34). The second kappa shape index (κ2) is 9.52. The highest BCUT2D eigenvalue weighted by Crippen LogP contribution is 2.40. The van der Waals surface area contributed by atoms with Crippen LogP contribution in [0.4, 0.5) is 26.3 Å². The molecule has 0 aromatic heterocycles. The van der Waals surface area contributed by atoms with Crippen LogP contribution in [0.2, 0.25) is 0 Å². The predicted molar refractivity (Wildman–Crippen MR) is 100 cm³/mol. The topological polar surface area (TPSA) is 158 Å². The van der Waals surface area contributed by atoms with Crippen molar-refractivity contribution < 1.29 is 70.7 Å². The van der Waals surface area contributed by atoms with Gasteiger partial charge in [-0.05, 0) is 12.1 Å². The van der Waals surface area contributed by atoms with Crippen LogP contribution in [0.25, 0.3) is 0 Å². The van der Waals surface area contributed by atoms with Gasteiger partial charge in [0.2, 0.25) is 0 Å². The van der Waals surface area contributed by atoms with Crippen LogP contribution in [0.15, 0.2) is 24.3 Å². The zero-order valence-electron chi connectivity index (χ0n) is 16.8. The van der Waals surface area contributed by atoms with E-state index in [1.807, 2.05) is 0 Å². The highest BCUT2D eigenvalue weighted by atomic mass is 19.4. The minimum absolute atomic E-state index is 0.488. The first-order valence-corrected chi connectivity index (χ1v) is 8.99. The summed E-state index contributed by atoms with van der Waals surface area (Å²) in [5.74, 6) is -11.1. The molecule has 35 heavy (non-hydrogen) atoms. The van der Waals surface area contributed by atoms with Crippen LogP contribution < -0.4 is 4.74 Å². The van der Waals surface area contributed by atoms with Crippen molar-refractivity contribution in [1.82, 2.24) is 0 Å². The molecule has 0 atom stereocenters. The van der Waals surface area contributed by atoms with Gasteiger partial charge in [-0.1, -0.05) is 12.1 Å². The van der Waals surface area contributed by atoms with Gasteiger partial charge in [0.1, 0.15) is 22.6 Å². The molecule has 9 nitrogen and oxygen atoms in total. The number of rotatable bonds is 8. The lowest BCUT2D eigenvalue weighted by atomic mass is 9.98. The maximum absolute atomic E-state index is 13.1. The van der Waals surface area contributed by atoms with E-state index in [4.69, 9.17) is 4.74 Å². The maximum Gasteiger partial charge on any atom is 0.393 e. The molecule has 2 aromatic rings. The van der Waals surface area contributed by atoms with Crippen molar-refractivity contribution in [3.63, 3.8) is 0 Å². The third-order valence-electron chi connectivity index (χ3n) is 4.35. The number of hydrogen-bond donors (Lipinski definition) is 4. The molecule has 0 radical (unpaired) electrons. The second-order valence-electron chi connectivity index (χ2n) is 6.86. The summed E-state index contributed by atoms with van der Waals surface area (Å²) in [4.78, 5) is 46.4. The number of halogens is 6. The summed E-state index contributed by atoms with van der Waals surface area (Å²) in [6.07, 6.45) is -14.0. The summed E-state index contributed by atoms with van der Waals surface area (Å²) in [6.45, 7) is 0. The molecule has 0 saturated heterocycles. The molecule has 2 aromatic carbocycles. The summed E-state index contributed by atoms with van der Waals surface area (Å²) >= 11 is 0. The predicted octanol–water partition coefficient (Wildman–Crippen LogP) is 4.48. The van der Waals surface area contributed by atoms with Crippen LogP contribution in [0.3, 0.4) is 0 Å². The Morgan fingerprint density at radius 3 is 1.14 bits per heavy atom. The Kier molecular flexibility index (Phi) is 7.33. The van der Waals surface area contributed by atoms with Gasteiger partial charge in [-0.15, -0.1) is 0 Å². The first-order valence-electron chi connectivity index (χ1n) is 8.99. The first kappa shape index (κ1) is 26.9. The molecule has 2 rings (SSSR count). The number of carboxylic acid groups (broad SMARTS) is 4. The fraction of sp³-hybridized carbons (Fsp3) is 0.200. The molecule has 0 amide bonds. The van der Waals surface area contributed by atoms with Gasteiger partial charge in [-0.2, -0.15) is 26.3 Å². The van der Waals surface area contributed by atoms with Crippen molar-refractivity contribution in [3.8, 4) is 11.5 Å². The molecule has 0 aliphatic carbocycles. The summed E-state index contributed by atoms with van der Waals surface area (Å²) in [6, 6.07) is 1.96. The zero-order chi connectivity index (χ0) is 26.9. The number of carbonyl (C=O) groups is 4. The van der Waals surface area contributed by atoms with E-state index in [2.05, 4.69) is 0 Å². The number of benzene rings is 2. The Hall–Kier alpha value is -4.30. The minimum atomic E-state index is -5.05. The van der Waals surface area contributed by atoms with Gasteiger partial charge >= 0.3 is 36.2 Å². The van der Waals surface area contributed by atoms with Gasteiger partial charge in [-0.3, -0.25) is 0 Å². The van der Waals surface area contributed by atoms with Gasteiger partial charge in [0.05, 0.1) is 24.0 Å². The van der Waals surface area contributed by atoms with E-state index in [1.54, 1.807) is 0 Å². The maximum atomic E-state index is 13.1. The van der Waals surface area contributed by atoms with E-state index >= 15 is 0 Å². The Morgan fingerprint density at radius 1 is 0.600 bits per heavy atom. The Labute approximate surface area is 189 Å².